The number of aliphatic hydroxyl groups excluding tert-OH is 1. The number of aliphatic hydroxyl groups is 1. The van der Waals surface area contributed by atoms with Gasteiger partial charge in [-0.1, -0.05) is 0 Å². The Balaban J connectivity index is 2.28. The summed E-state index contributed by atoms with van der Waals surface area (Å²) in [7, 11) is 0. The maximum absolute atomic E-state index is 12.5. The van der Waals surface area contributed by atoms with Crippen molar-refractivity contribution in [1.82, 2.24) is 4.90 Å². The highest BCUT2D eigenvalue weighted by molar-refractivity contribution is 5.96. The van der Waals surface area contributed by atoms with Crippen LogP contribution in [0, 0.1) is 10.1 Å². The second kappa shape index (κ2) is 6.53. The van der Waals surface area contributed by atoms with Gasteiger partial charge in [-0.15, -0.1) is 0 Å². The Hall–Kier alpha value is -2.15. The van der Waals surface area contributed by atoms with Crippen LogP contribution in [0.25, 0.3) is 0 Å². The van der Waals surface area contributed by atoms with Crippen molar-refractivity contribution >= 4 is 17.3 Å². The summed E-state index contributed by atoms with van der Waals surface area (Å²) in [5.74, 6) is -0.194. The minimum atomic E-state index is -0.474. The molecule has 1 aliphatic carbocycles. The van der Waals surface area contributed by atoms with Crippen molar-refractivity contribution in [2.45, 2.75) is 25.8 Å². The number of benzene rings is 1. The van der Waals surface area contributed by atoms with E-state index in [0.29, 0.717) is 17.8 Å². The zero-order chi connectivity index (χ0) is 15.4. The van der Waals surface area contributed by atoms with Crippen molar-refractivity contribution in [2.75, 3.05) is 25.0 Å². The van der Waals surface area contributed by atoms with Crippen LogP contribution in [0.1, 0.15) is 30.1 Å². The molecule has 1 fully saturated rings. The second-order valence-electron chi connectivity index (χ2n) is 4.97. The molecule has 1 amide bonds. The number of nitrogens with one attached hydrogen (secondary N) is 1. The molecule has 0 unspecified atom stereocenters. The van der Waals surface area contributed by atoms with Gasteiger partial charge in [-0.05, 0) is 31.9 Å². The predicted molar refractivity (Wildman–Crippen MR) is 78.4 cm³/mol. The number of hydrogen-bond donors (Lipinski definition) is 2. The zero-order valence-electron chi connectivity index (χ0n) is 11.9. The van der Waals surface area contributed by atoms with E-state index >= 15 is 0 Å². The van der Waals surface area contributed by atoms with Crippen molar-refractivity contribution in [3.63, 3.8) is 0 Å². The normalized spacial score (nSPS) is 13.8. The lowest BCUT2D eigenvalue weighted by Gasteiger charge is -2.21. The molecule has 114 valence electrons. The molecule has 0 bridgehead atoms. The molecule has 0 atom stereocenters. The lowest BCUT2D eigenvalue weighted by Crippen LogP contribution is -2.35. The number of nitrogens with zero attached hydrogens (tertiary/aromatic N) is 2. The van der Waals surface area contributed by atoms with Crippen LogP contribution >= 0.6 is 0 Å². The summed E-state index contributed by atoms with van der Waals surface area (Å²) in [6, 6.07) is 4.50. The van der Waals surface area contributed by atoms with Crippen LogP contribution in [-0.4, -0.2) is 46.6 Å². The van der Waals surface area contributed by atoms with Gasteiger partial charge >= 0.3 is 0 Å². The first-order valence-electron chi connectivity index (χ1n) is 7.02. The summed E-state index contributed by atoms with van der Waals surface area (Å²) in [4.78, 5) is 24.6. The van der Waals surface area contributed by atoms with Crippen LogP contribution in [0.2, 0.25) is 0 Å². The van der Waals surface area contributed by atoms with Crippen LogP contribution in [0.3, 0.4) is 0 Å². The largest absolute Gasteiger partial charge is 0.395 e. The van der Waals surface area contributed by atoms with E-state index in [-0.39, 0.29) is 30.8 Å². The molecule has 7 heteroatoms. The molecule has 0 heterocycles. The standard InChI is InChI=1S/C14H19N3O4/c1-2-15-12-9-10(3-6-13(12)17(20)21)14(19)16(7-8-18)11-4-5-11/h3,6,9,11,15,18H,2,4-5,7-8H2,1H3. The van der Waals surface area contributed by atoms with E-state index in [1.165, 1.54) is 18.2 Å². The number of carbonyl (C=O) groups excluding carboxylic acids is 1. The molecule has 21 heavy (non-hydrogen) atoms. The number of anilines is 1. The van der Waals surface area contributed by atoms with E-state index in [0.717, 1.165) is 12.8 Å². The van der Waals surface area contributed by atoms with Crippen molar-refractivity contribution in [2.24, 2.45) is 0 Å². The van der Waals surface area contributed by atoms with Gasteiger partial charge in [-0.3, -0.25) is 14.9 Å². The summed E-state index contributed by atoms with van der Waals surface area (Å²) in [6.07, 6.45) is 1.89. The molecule has 1 saturated carbocycles. The maximum atomic E-state index is 12.5. The van der Waals surface area contributed by atoms with Crippen molar-refractivity contribution in [3.05, 3.63) is 33.9 Å². The third kappa shape index (κ3) is 3.49. The number of amides is 1. The molecule has 0 aromatic heterocycles. The number of hydrogen-bond acceptors (Lipinski definition) is 5. The van der Waals surface area contributed by atoms with Gasteiger partial charge in [0, 0.05) is 30.8 Å². The number of rotatable bonds is 7. The average Bonchev–Trinajstić information content (AvgIpc) is 3.28. The van der Waals surface area contributed by atoms with E-state index in [2.05, 4.69) is 5.32 Å². The summed E-state index contributed by atoms with van der Waals surface area (Å²) in [5.41, 5.74) is 0.693. The van der Waals surface area contributed by atoms with E-state index < -0.39 is 4.92 Å². The van der Waals surface area contributed by atoms with Gasteiger partial charge < -0.3 is 15.3 Å². The summed E-state index contributed by atoms with van der Waals surface area (Å²) >= 11 is 0. The first-order valence-corrected chi connectivity index (χ1v) is 7.02. The lowest BCUT2D eigenvalue weighted by atomic mass is 10.1. The highest BCUT2D eigenvalue weighted by atomic mass is 16.6. The third-order valence-electron chi connectivity index (χ3n) is 3.40. The molecule has 1 aliphatic rings. The van der Waals surface area contributed by atoms with Crippen molar-refractivity contribution in [1.29, 1.82) is 0 Å². The van der Waals surface area contributed by atoms with E-state index in [1.54, 1.807) is 4.90 Å². The molecule has 0 saturated heterocycles. The molecular weight excluding hydrogens is 274 g/mol. The Bertz CT molecular complexity index is 543. The SMILES string of the molecule is CCNc1cc(C(=O)N(CCO)C2CC2)ccc1[N+](=O)[O-]. The van der Waals surface area contributed by atoms with Crippen LogP contribution in [0.5, 0.6) is 0 Å². The second-order valence-corrected chi connectivity index (χ2v) is 4.97. The Kier molecular flexibility index (Phi) is 4.74. The molecule has 1 aromatic carbocycles. The Morgan fingerprint density at radius 2 is 2.24 bits per heavy atom. The van der Waals surface area contributed by atoms with E-state index in [9.17, 15) is 14.9 Å². The smallest absolute Gasteiger partial charge is 0.292 e. The first kappa shape index (κ1) is 15.2. The van der Waals surface area contributed by atoms with Crippen molar-refractivity contribution in [3.8, 4) is 0 Å². The fourth-order valence-electron chi connectivity index (χ4n) is 2.27. The monoisotopic (exact) mass is 293 g/mol. The van der Waals surface area contributed by atoms with Gasteiger partial charge in [0.2, 0.25) is 0 Å². The Morgan fingerprint density at radius 1 is 1.52 bits per heavy atom. The molecule has 1 aromatic rings. The van der Waals surface area contributed by atoms with Crippen LogP contribution in [0.15, 0.2) is 18.2 Å². The Labute approximate surface area is 122 Å². The predicted octanol–water partition coefficient (Wildman–Crippen LogP) is 1.62. The summed E-state index contributed by atoms with van der Waals surface area (Å²) in [5, 5.41) is 22.9. The van der Waals surface area contributed by atoms with Crippen LogP contribution in [0.4, 0.5) is 11.4 Å². The molecule has 2 N–H and O–H groups in total. The van der Waals surface area contributed by atoms with Crippen LogP contribution < -0.4 is 5.32 Å². The maximum Gasteiger partial charge on any atom is 0.292 e. The first-order chi connectivity index (χ1) is 10.1. The lowest BCUT2D eigenvalue weighted by molar-refractivity contribution is -0.384. The fraction of sp³-hybridized carbons (Fsp3) is 0.500. The van der Waals surface area contributed by atoms with Crippen LogP contribution in [-0.2, 0) is 0 Å². The molecule has 7 nitrogen and oxygen atoms in total. The number of carbonyl (C=O) groups is 1. The molecule has 0 spiro atoms. The summed E-state index contributed by atoms with van der Waals surface area (Å²) in [6.45, 7) is 2.56. The van der Waals surface area contributed by atoms with E-state index in [4.69, 9.17) is 5.11 Å². The Morgan fingerprint density at radius 3 is 2.76 bits per heavy atom. The number of nitro groups is 1. The molecule has 2 rings (SSSR count). The molecule has 0 radical (unpaired) electrons. The fourth-order valence-corrected chi connectivity index (χ4v) is 2.27. The van der Waals surface area contributed by atoms with Gasteiger partial charge in [0.15, 0.2) is 0 Å². The minimum Gasteiger partial charge on any atom is -0.395 e. The number of nitro benzene ring substituents is 1. The van der Waals surface area contributed by atoms with Gasteiger partial charge in [-0.2, -0.15) is 0 Å². The minimum absolute atomic E-state index is 0.0477. The topological polar surface area (TPSA) is 95.7 Å². The van der Waals surface area contributed by atoms with Gasteiger partial charge in [0.25, 0.3) is 11.6 Å². The average molecular weight is 293 g/mol. The highest BCUT2D eigenvalue weighted by Crippen LogP contribution is 2.30. The van der Waals surface area contributed by atoms with Gasteiger partial charge in [0.05, 0.1) is 11.5 Å². The zero-order valence-corrected chi connectivity index (χ0v) is 11.9. The van der Waals surface area contributed by atoms with Crippen molar-refractivity contribution < 1.29 is 14.8 Å². The van der Waals surface area contributed by atoms with Gasteiger partial charge in [-0.25, -0.2) is 0 Å². The summed E-state index contributed by atoms with van der Waals surface area (Å²) < 4.78 is 0. The highest BCUT2D eigenvalue weighted by Gasteiger charge is 2.33. The third-order valence-corrected chi connectivity index (χ3v) is 3.40. The quantitative estimate of drug-likeness (QED) is 0.588. The van der Waals surface area contributed by atoms with Gasteiger partial charge in [0.1, 0.15) is 5.69 Å². The van der Waals surface area contributed by atoms with E-state index in [1.807, 2.05) is 6.92 Å². The molecule has 0 aliphatic heterocycles. The molecular formula is C14H19N3O4.